The number of nitrogens with zero attached hydrogens (tertiary/aromatic N) is 2. The summed E-state index contributed by atoms with van der Waals surface area (Å²) in [5.74, 6) is 1.95. The first-order chi connectivity index (χ1) is 13.7. The first-order valence-electron chi connectivity index (χ1n) is 10.2. The van der Waals surface area contributed by atoms with Gasteiger partial charge in [0.25, 0.3) is 0 Å². The summed E-state index contributed by atoms with van der Waals surface area (Å²) in [6.45, 7) is 0.478. The molecule has 2 aliphatic rings. The van der Waals surface area contributed by atoms with Crippen molar-refractivity contribution in [2.24, 2.45) is 0 Å². The minimum absolute atomic E-state index is 0.0180. The van der Waals surface area contributed by atoms with Gasteiger partial charge in [0.05, 0.1) is 38.9 Å². The fraction of sp³-hybridized carbons (Fsp3) is 0.545. The Hall–Kier alpha value is -2.50. The molecule has 150 valence electrons. The first-order valence-corrected chi connectivity index (χ1v) is 10.2. The lowest BCUT2D eigenvalue weighted by molar-refractivity contribution is -0.120. The van der Waals surface area contributed by atoms with Crippen LogP contribution in [0.5, 0.6) is 11.5 Å². The molecule has 1 heterocycles. The van der Waals surface area contributed by atoms with Gasteiger partial charge in [-0.05, 0) is 49.4 Å². The topological polar surface area (TPSA) is 65.4 Å². The molecule has 2 saturated carbocycles. The van der Waals surface area contributed by atoms with Crippen LogP contribution in [0.3, 0.4) is 0 Å². The van der Waals surface area contributed by atoms with Crippen molar-refractivity contribution in [3.05, 3.63) is 41.2 Å². The van der Waals surface area contributed by atoms with Crippen molar-refractivity contribution in [2.75, 3.05) is 14.2 Å². The summed E-state index contributed by atoms with van der Waals surface area (Å²) >= 11 is 0. The Balaban J connectivity index is 1.38. The van der Waals surface area contributed by atoms with Gasteiger partial charge in [0.1, 0.15) is 0 Å². The standard InChI is InChI=1S/C22H29N3O3/c1-27-20-10-7-15(11-21(20)28-2)12-22(26)23-14-17-13-19(16-8-9-16)25(24-17)18-5-3-4-6-18/h7,10-11,13,16,18H,3-6,8-9,12,14H2,1-2H3,(H,23,26). The first kappa shape index (κ1) is 18.8. The van der Waals surface area contributed by atoms with E-state index in [1.807, 2.05) is 18.2 Å². The summed E-state index contributed by atoms with van der Waals surface area (Å²) in [7, 11) is 3.20. The lowest BCUT2D eigenvalue weighted by atomic mass is 10.1. The Morgan fingerprint density at radius 3 is 2.54 bits per heavy atom. The number of hydrogen-bond donors (Lipinski definition) is 1. The summed E-state index contributed by atoms with van der Waals surface area (Å²) in [6.07, 6.45) is 7.89. The predicted octanol–water partition coefficient (Wildman–Crippen LogP) is 3.75. The fourth-order valence-electron chi connectivity index (χ4n) is 4.10. The van der Waals surface area contributed by atoms with Crippen molar-refractivity contribution >= 4 is 5.91 Å². The molecule has 0 atom stereocenters. The predicted molar refractivity (Wildman–Crippen MR) is 107 cm³/mol. The largest absolute Gasteiger partial charge is 0.493 e. The highest BCUT2D eigenvalue weighted by Gasteiger charge is 2.31. The van der Waals surface area contributed by atoms with Crippen LogP contribution < -0.4 is 14.8 Å². The molecule has 0 spiro atoms. The molecule has 0 unspecified atom stereocenters. The SMILES string of the molecule is COc1ccc(CC(=O)NCc2cc(C3CC3)n(C3CCCC3)n2)cc1OC. The summed E-state index contributed by atoms with van der Waals surface area (Å²) < 4.78 is 12.8. The number of rotatable bonds is 8. The molecule has 2 aliphatic carbocycles. The second-order valence-electron chi connectivity index (χ2n) is 7.86. The maximum Gasteiger partial charge on any atom is 0.224 e. The zero-order valence-electron chi connectivity index (χ0n) is 16.7. The van der Waals surface area contributed by atoms with Crippen molar-refractivity contribution in [3.8, 4) is 11.5 Å². The van der Waals surface area contributed by atoms with Crippen LogP contribution in [0.4, 0.5) is 0 Å². The van der Waals surface area contributed by atoms with Crippen molar-refractivity contribution in [1.29, 1.82) is 0 Å². The number of aromatic nitrogens is 2. The van der Waals surface area contributed by atoms with E-state index in [-0.39, 0.29) is 5.91 Å². The second kappa shape index (κ2) is 8.25. The Labute approximate surface area is 166 Å². The van der Waals surface area contributed by atoms with Crippen LogP contribution in [0.1, 0.15) is 67.4 Å². The number of carbonyl (C=O) groups is 1. The van der Waals surface area contributed by atoms with Gasteiger partial charge in [-0.25, -0.2) is 0 Å². The normalized spacial score (nSPS) is 16.9. The molecule has 0 radical (unpaired) electrons. The average molecular weight is 383 g/mol. The smallest absolute Gasteiger partial charge is 0.224 e. The lowest BCUT2D eigenvalue weighted by Gasteiger charge is -2.13. The van der Waals surface area contributed by atoms with Crippen LogP contribution in [0.15, 0.2) is 24.3 Å². The lowest BCUT2D eigenvalue weighted by Crippen LogP contribution is -2.25. The third-order valence-electron chi connectivity index (χ3n) is 5.76. The molecule has 2 fully saturated rings. The van der Waals surface area contributed by atoms with Crippen molar-refractivity contribution in [3.63, 3.8) is 0 Å². The Morgan fingerprint density at radius 1 is 1.11 bits per heavy atom. The van der Waals surface area contributed by atoms with Gasteiger partial charge < -0.3 is 14.8 Å². The Bertz CT molecular complexity index is 836. The van der Waals surface area contributed by atoms with E-state index in [1.165, 1.54) is 44.2 Å². The van der Waals surface area contributed by atoms with E-state index < -0.39 is 0 Å². The number of amides is 1. The number of benzene rings is 1. The summed E-state index contributed by atoms with van der Waals surface area (Å²) in [5, 5.41) is 7.87. The maximum absolute atomic E-state index is 12.4. The van der Waals surface area contributed by atoms with Crippen LogP contribution in [-0.4, -0.2) is 29.9 Å². The molecule has 2 aromatic rings. The van der Waals surface area contributed by atoms with Crippen LogP contribution in [0, 0.1) is 0 Å². The highest BCUT2D eigenvalue weighted by molar-refractivity contribution is 5.78. The van der Waals surface area contributed by atoms with Crippen LogP contribution in [0.25, 0.3) is 0 Å². The molecule has 0 aliphatic heterocycles. The maximum atomic E-state index is 12.4. The second-order valence-corrected chi connectivity index (χ2v) is 7.86. The number of ether oxygens (including phenoxy) is 2. The fourth-order valence-corrected chi connectivity index (χ4v) is 4.10. The summed E-state index contributed by atoms with van der Waals surface area (Å²) in [6, 6.07) is 8.31. The van der Waals surface area contributed by atoms with Gasteiger partial charge >= 0.3 is 0 Å². The van der Waals surface area contributed by atoms with Gasteiger partial charge in [0, 0.05) is 11.6 Å². The summed E-state index contributed by atoms with van der Waals surface area (Å²) in [5.41, 5.74) is 3.23. The van der Waals surface area contributed by atoms with Crippen molar-refractivity contribution in [1.82, 2.24) is 15.1 Å². The molecule has 0 saturated heterocycles. The number of nitrogens with one attached hydrogen (secondary N) is 1. The zero-order chi connectivity index (χ0) is 19.5. The van der Waals surface area contributed by atoms with E-state index >= 15 is 0 Å². The average Bonchev–Trinajstić information content (AvgIpc) is 3.24. The molecule has 0 bridgehead atoms. The molecule has 1 amide bonds. The van der Waals surface area contributed by atoms with Gasteiger partial charge in [0.15, 0.2) is 11.5 Å². The molecule has 1 N–H and O–H groups in total. The van der Waals surface area contributed by atoms with E-state index in [0.717, 1.165) is 11.3 Å². The van der Waals surface area contributed by atoms with Gasteiger partial charge in [-0.3, -0.25) is 9.48 Å². The number of methoxy groups -OCH3 is 2. The molecule has 6 nitrogen and oxygen atoms in total. The highest BCUT2D eigenvalue weighted by Crippen LogP contribution is 2.43. The monoisotopic (exact) mass is 383 g/mol. The third-order valence-corrected chi connectivity index (χ3v) is 5.76. The molecular formula is C22H29N3O3. The van der Waals surface area contributed by atoms with E-state index in [0.29, 0.717) is 36.4 Å². The van der Waals surface area contributed by atoms with Crippen LogP contribution in [-0.2, 0) is 17.8 Å². The third kappa shape index (κ3) is 4.16. The minimum atomic E-state index is -0.0180. The van der Waals surface area contributed by atoms with Crippen LogP contribution >= 0.6 is 0 Å². The highest BCUT2D eigenvalue weighted by atomic mass is 16.5. The number of hydrogen-bond acceptors (Lipinski definition) is 4. The molecular weight excluding hydrogens is 354 g/mol. The minimum Gasteiger partial charge on any atom is -0.493 e. The van der Waals surface area contributed by atoms with Gasteiger partial charge in [-0.15, -0.1) is 0 Å². The van der Waals surface area contributed by atoms with E-state index in [4.69, 9.17) is 14.6 Å². The van der Waals surface area contributed by atoms with Gasteiger partial charge in [-0.1, -0.05) is 18.9 Å². The quantitative estimate of drug-likeness (QED) is 0.754. The molecule has 1 aromatic carbocycles. The van der Waals surface area contributed by atoms with Gasteiger partial charge in [0.2, 0.25) is 5.91 Å². The van der Waals surface area contributed by atoms with Crippen molar-refractivity contribution in [2.45, 2.75) is 63.5 Å². The summed E-state index contributed by atoms with van der Waals surface area (Å²) in [4.78, 5) is 12.4. The van der Waals surface area contributed by atoms with E-state index in [1.54, 1.807) is 14.2 Å². The van der Waals surface area contributed by atoms with E-state index in [9.17, 15) is 4.79 Å². The molecule has 1 aromatic heterocycles. The van der Waals surface area contributed by atoms with Crippen LogP contribution in [0.2, 0.25) is 0 Å². The molecule has 6 heteroatoms. The Morgan fingerprint density at radius 2 is 1.86 bits per heavy atom. The zero-order valence-corrected chi connectivity index (χ0v) is 16.7. The Kier molecular flexibility index (Phi) is 5.55. The van der Waals surface area contributed by atoms with Crippen molar-refractivity contribution < 1.29 is 14.3 Å². The number of carbonyl (C=O) groups excluding carboxylic acids is 1. The molecule has 28 heavy (non-hydrogen) atoms. The van der Waals surface area contributed by atoms with E-state index in [2.05, 4.69) is 16.1 Å². The molecule has 4 rings (SSSR count). The van der Waals surface area contributed by atoms with Gasteiger partial charge in [-0.2, -0.15) is 5.10 Å².